The van der Waals surface area contributed by atoms with Gasteiger partial charge in [0.1, 0.15) is 0 Å². The standard InChI is InChI=1S/C16H24O6/c1-4-10-20-16(6-3,21-11-5-2)12-8-7-9-13(14(12)17)22-15(18)19/h7-9,17H,4-6,10-11H2,1-3H3,(H,18,19). The van der Waals surface area contributed by atoms with Crippen LogP contribution in [-0.4, -0.2) is 29.6 Å². The number of ether oxygens (including phenoxy) is 3. The third-order valence-corrected chi connectivity index (χ3v) is 3.15. The molecule has 0 saturated carbocycles. The van der Waals surface area contributed by atoms with Gasteiger partial charge in [-0.15, -0.1) is 0 Å². The summed E-state index contributed by atoms with van der Waals surface area (Å²) in [5.41, 5.74) is 0.371. The van der Waals surface area contributed by atoms with E-state index < -0.39 is 11.9 Å². The summed E-state index contributed by atoms with van der Waals surface area (Å²) in [6, 6.07) is 4.63. The van der Waals surface area contributed by atoms with E-state index in [2.05, 4.69) is 4.74 Å². The molecule has 0 amide bonds. The molecular weight excluding hydrogens is 288 g/mol. The summed E-state index contributed by atoms with van der Waals surface area (Å²) in [6.45, 7) is 6.76. The largest absolute Gasteiger partial charge is 0.511 e. The molecule has 22 heavy (non-hydrogen) atoms. The fraction of sp³-hybridized carbons (Fsp3) is 0.562. The molecule has 0 atom stereocenters. The summed E-state index contributed by atoms with van der Waals surface area (Å²) in [6.07, 6.45) is 0.572. The maximum atomic E-state index is 10.7. The van der Waals surface area contributed by atoms with Gasteiger partial charge in [0.15, 0.2) is 17.3 Å². The SMILES string of the molecule is CCCOC(CC)(OCCC)c1cccc(OC(=O)O)c1O. The highest BCUT2D eigenvalue weighted by Gasteiger charge is 2.36. The molecule has 0 spiro atoms. The van der Waals surface area contributed by atoms with E-state index in [0.29, 0.717) is 25.2 Å². The van der Waals surface area contributed by atoms with Crippen LogP contribution in [0.5, 0.6) is 11.5 Å². The first-order valence-corrected chi connectivity index (χ1v) is 7.51. The van der Waals surface area contributed by atoms with Gasteiger partial charge >= 0.3 is 6.16 Å². The third kappa shape index (κ3) is 4.35. The zero-order valence-electron chi connectivity index (χ0n) is 13.3. The Morgan fingerprint density at radius 3 is 2.18 bits per heavy atom. The smallest absolute Gasteiger partial charge is 0.504 e. The predicted octanol–water partition coefficient (Wildman–Crippen LogP) is 3.87. The minimum Gasteiger partial charge on any atom is -0.504 e. The van der Waals surface area contributed by atoms with Crippen LogP contribution in [0.3, 0.4) is 0 Å². The van der Waals surface area contributed by atoms with Gasteiger partial charge in [-0.2, -0.15) is 0 Å². The van der Waals surface area contributed by atoms with Crippen LogP contribution in [-0.2, 0) is 15.3 Å². The van der Waals surface area contributed by atoms with Gasteiger partial charge in [-0.25, -0.2) is 4.79 Å². The van der Waals surface area contributed by atoms with Crippen LogP contribution in [0.15, 0.2) is 18.2 Å². The Hall–Kier alpha value is -1.79. The van der Waals surface area contributed by atoms with Crippen LogP contribution in [0.25, 0.3) is 0 Å². The molecule has 0 unspecified atom stereocenters. The van der Waals surface area contributed by atoms with Gasteiger partial charge in [0.2, 0.25) is 0 Å². The van der Waals surface area contributed by atoms with Gasteiger partial charge in [-0.1, -0.05) is 26.8 Å². The van der Waals surface area contributed by atoms with Crippen molar-refractivity contribution in [1.82, 2.24) is 0 Å². The van der Waals surface area contributed by atoms with E-state index >= 15 is 0 Å². The van der Waals surface area contributed by atoms with Crippen LogP contribution in [0, 0.1) is 0 Å². The molecule has 0 aromatic heterocycles. The van der Waals surface area contributed by atoms with E-state index in [1.165, 1.54) is 6.07 Å². The summed E-state index contributed by atoms with van der Waals surface area (Å²) < 4.78 is 16.3. The molecule has 6 nitrogen and oxygen atoms in total. The lowest BCUT2D eigenvalue weighted by atomic mass is 10.0. The number of phenols is 1. The van der Waals surface area contributed by atoms with Crippen molar-refractivity contribution in [3.8, 4) is 11.5 Å². The molecule has 0 bridgehead atoms. The molecule has 2 N–H and O–H groups in total. The fourth-order valence-corrected chi connectivity index (χ4v) is 2.13. The number of hydrogen-bond acceptors (Lipinski definition) is 5. The van der Waals surface area contributed by atoms with Crippen molar-refractivity contribution < 1.29 is 29.2 Å². The van der Waals surface area contributed by atoms with Gasteiger partial charge in [0.25, 0.3) is 0 Å². The first-order chi connectivity index (χ1) is 10.5. The van der Waals surface area contributed by atoms with E-state index in [1.807, 2.05) is 20.8 Å². The molecular formula is C16H24O6. The second-order valence-electron chi connectivity index (χ2n) is 4.82. The van der Waals surface area contributed by atoms with E-state index in [4.69, 9.17) is 14.6 Å². The van der Waals surface area contributed by atoms with Gasteiger partial charge in [0.05, 0.1) is 18.8 Å². The molecule has 0 saturated heterocycles. The second kappa shape index (κ2) is 8.60. The van der Waals surface area contributed by atoms with Gasteiger partial charge < -0.3 is 24.4 Å². The lowest BCUT2D eigenvalue weighted by Crippen LogP contribution is -2.33. The number of para-hydroxylation sites is 1. The lowest BCUT2D eigenvalue weighted by molar-refractivity contribution is -0.249. The van der Waals surface area contributed by atoms with E-state index in [1.54, 1.807) is 12.1 Å². The van der Waals surface area contributed by atoms with Crippen LogP contribution in [0.4, 0.5) is 4.79 Å². The molecule has 124 valence electrons. The maximum Gasteiger partial charge on any atom is 0.511 e. The van der Waals surface area contributed by atoms with E-state index in [-0.39, 0.29) is 11.5 Å². The quantitative estimate of drug-likeness (QED) is 0.409. The fourth-order valence-electron chi connectivity index (χ4n) is 2.13. The number of carboxylic acid groups (broad SMARTS) is 1. The Morgan fingerprint density at radius 1 is 1.14 bits per heavy atom. The van der Waals surface area contributed by atoms with Gasteiger partial charge in [-0.05, 0) is 25.0 Å². The van der Waals surface area contributed by atoms with Crippen molar-refractivity contribution in [2.45, 2.75) is 45.8 Å². The Balaban J connectivity index is 3.24. The predicted molar refractivity (Wildman–Crippen MR) is 81.2 cm³/mol. The maximum absolute atomic E-state index is 10.7. The van der Waals surface area contributed by atoms with E-state index in [0.717, 1.165) is 12.8 Å². The van der Waals surface area contributed by atoms with Crippen molar-refractivity contribution in [2.75, 3.05) is 13.2 Å². The summed E-state index contributed by atoms with van der Waals surface area (Å²) in [5.74, 6) is -1.53. The lowest BCUT2D eigenvalue weighted by Gasteiger charge is -2.34. The topological polar surface area (TPSA) is 85.2 Å². The molecule has 6 heteroatoms. The molecule has 0 fully saturated rings. The van der Waals surface area contributed by atoms with Crippen LogP contribution < -0.4 is 4.74 Å². The molecule has 0 radical (unpaired) electrons. The van der Waals surface area contributed by atoms with Crippen molar-refractivity contribution in [1.29, 1.82) is 0 Å². The second-order valence-corrected chi connectivity index (χ2v) is 4.82. The number of rotatable bonds is 9. The molecule has 0 aliphatic heterocycles. The van der Waals surface area contributed by atoms with Crippen LogP contribution in [0.1, 0.15) is 45.6 Å². The molecule has 1 aromatic rings. The Kier molecular flexibility index (Phi) is 7.14. The first-order valence-electron chi connectivity index (χ1n) is 7.51. The molecule has 0 aliphatic rings. The normalized spacial score (nSPS) is 11.4. The minimum atomic E-state index is -1.49. The van der Waals surface area contributed by atoms with Gasteiger partial charge in [0, 0.05) is 6.42 Å². The highest BCUT2D eigenvalue weighted by Crippen LogP contribution is 2.41. The van der Waals surface area contributed by atoms with Crippen molar-refractivity contribution in [2.24, 2.45) is 0 Å². The monoisotopic (exact) mass is 312 g/mol. The number of carbonyl (C=O) groups is 1. The van der Waals surface area contributed by atoms with Gasteiger partial charge in [-0.3, -0.25) is 0 Å². The van der Waals surface area contributed by atoms with Crippen LogP contribution in [0.2, 0.25) is 0 Å². The molecule has 1 aromatic carbocycles. The summed E-state index contributed by atoms with van der Waals surface area (Å²) in [5, 5.41) is 19.1. The summed E-state index contributed by atoms with van der Waals surface area (Å²) in [4.78, 5) is 10.7. The summed E-state index contributed by atoms with van der Waals surface area (Å²) >= 11 is 0. The Labute approximate surface area is 130 Å². The average Bonchev–Trinajstić information content (AvgIpc) is 2.50. The molecule has 1 rings (SSSR count). The Bertz CT molecular complexity index is 478. The number of benzene rings is 1. The zero-order valence-corrected chi connectivity index (χ0v) is 13.3. The highest BCUT2D eigenvalue weighted by atomic mass is 16.7. The first kappa shape index (κ1) is 18.3. The average molecular weight is 312 g/mol. The molecule has 0 aliphatic carbocycles. The zero-order chi connectivity index (χ0) is 16.6. The Morgan fingerprint density at radius 2 is 1.73 bits per heavy atom. The van der Waals surface area contributed by atoms with E-state index in [9.17, 15) is 9.90 Å². The molecule has 0 heterocycles. The van der Waals surface area contributed by atoms with Crippen molar-refractivity contribution in [3.05, 3.63) is 23.8 Å². The van der Waals surface area contributed by atoms with Crippen molar-refractivity contribution >= 4 is 6.16 Å². The third-order valence-electron chi connectivity index (χ3n) is 3.15. The minimum absolute atomic E-state index is 0.136. The number of phenolic OH excluding ortho intramolecular Hbond substituents is 1. The van der Waals surface area contributed by atoms with Crippen molar-refractivity contribution in [3.63, 3.8) is 0 Å². The van der Waals surface area contributed by atoms with Crippen LogP contribution >= 0.6 is 0 Å². The highest BCUT2D eigenvalue weighted by molar-refractivity contribution is 5.63. The summed E-state index contributed by atoms with van der Waals surface area (Å²) in [7, 11) is 0. The number of hydrogen-bond donors (Lipinski definition) is 2. The number of aromatic hydroxyl groups is 1.